The summed E-state index contributed by atoms with van der Waals surface area (Å²) in [5, 5.41) is 27.5. The molecule has 5 atom stereocenters. The van der Waals surface area contributed by atoms with Gasteiger partial charge in [0.25, 0.3) is 0 Å². The highest BCUT2D eigenvalue weighted by Gasteiger charge is 2.48. The summed E-state index contributed by atoms with van der Waals surface area (Å²) in [6.45, 7) is 2.30. The Morgan fingerprint density at radius 3 is 1.96 bits per heavy atom. The van der Waals surface area contributed by atoms with Gasteiger partial charge >= 0.3 is 5.97 Å². The molecule has 4 aromatic carbocycles. The van der Waals surface area contributed by atoms with Gasteiger partial charge in [-0.3, -0.25) is 4.68 Å². The number of carboxylic acid groups (broad SMARTS) is 1. The molecular formula is C42H47N3O10. The minimum atomic E-state index is -1.14. The van der Waals surface area contributed by atoms with E-state index >= 15 is 0 Å². The summed E-state index contributed by atoms with van der Waals surface area (Å²) in [6, 6.07) is 33.8. The second-order valence-electron chi connectivity index (χ2n) is 13.1. The van der Waals surface area contributed by atoms with Crippen molar-refractivity contribution in [2.75, 3.05) is 20.3 Å². The minimum Gasteiger partial charge on any atom is -0.508 e. The smallest absolute Gasteiger partial charge is 0.335 e. The number of hydrogen-bond donors (Lipinski definition) is 2. The molecular weight excluding hydrogens is 706 g/mol. The van der Waals surface area contributed by atoms with E-state index in [9.17, 15) is 15.0 Å². The van der Waals surface area contributed by atoms with Crippen LogP contribution >= 0.6 is 0 Å². The number of rotatable bonds is 21. The van der Waals surface area contributed by atoms with E-state index in [4.69, 9.17) is 33.2 Å². The van der Waals surface area contributed by atoms with Gasteiger partial charge in [0, 0.05) is 19.7 Å². The third-order valence-corrected chi connectivity index (χ3v) is 8.99. The zero-order valence-electron chi connectivity index (χ0n) is 30.7. The highest BCUT2D eigenvalue weighted by atomic mass is 16.7. The van der Waals surface area contributed by atoms with Gasteiger partial charge in [-0.1, -0.05) is 96.2 Å². The Balaban J connectivity index is 1.08. The summed E-state index contributed by atoms with van der Waals surface area (Å²) in [7, 11) is 1.59. The van der Waals surface area contributed by atoms with Crippen molar-refractivity contribution in [2.24, 2.45) is 0 Å². The van der Waals surface area contributed by atoms with Gasteiger partial charge in [0.1, 0.15) is 41.6 Å². The molecule has 13 nitrogen and oxygen atoms in total. The molecule has 0 aliphatic carbocycles. The molecule has 1 saturated heterocycles. The fourth-order valence-electron chi connectivity index (χ4n) is 6.22. The van der Waals surface area contributed by atoms with Crippen LogP contribution < -0.4 is 4.74 Å². The van der Waals surface area contributed by atoms with Gasteiger partial charge in [-0.05, 0) is 41.7 Å². The molecule has 2 N–H and O–H groups in total. The number of ether oxygens (including phenoxy) is 7. The quantitative estimate of drug-likeness (QED) is 0.0823. The largest absolute Gasteiger partial charge is 0.508 e. The molecule has 0 amide bonds. The molecule has 6 rings (SSSR count). The van der Waals surface area contributed by atoms with Crippen LogP contribution in [0.1, 0.15) is 45.6 Å². The molecule has 2 heterocycles. The number of aromatic nitrogens is 3. The molecule has 1 aliphatic rings. The summed E-state index contributed by atoms with van der Waals surface area (Å²) in [6.07, 6.45) is 0.153. The van der Waals surface area contributed by atoms with Crippen LogP contribution in [0, 0.1) is 0 Å². The first-order valence-electron chi connectivity index (χ1n) is 18.3. The molecule has 290 valence electrons. The lowest BCUT2D eigenvalue weighted by atomic mass is 9.97. The first-order chi connectivity index (χ1) is 26.9. The van der Waals surface area contributed by atoms with E-state index in [1.165, 1.54) is 18.2 Å². The average Bonchev–Trinajstić information content (AvgIpc) is 3.67. The van der Waals surface area contributed by atoms with Crippen molar-refractivity contribution >= 4 is 5.97 Å². The Labute approximate surface area is 320 Å². The number of unbranched alkanes of at least 4 members (excludes halogenated alkanes) is 1. The molecule has 1 aliphatic heterocycles. The zero-order chi connectivity index (χ0) is 38.2. The number of carboxylic acids is 1. The molecule has 0 spiro atoms. The van der Waals surface area contributed by atoms with Crippen LogP contribution in [0.3, 0.4) is 0 Å². The summed E-state index contributed by atoms with van der Waals surface area (Å²) in [5.74, 6) is -0.999. The number of aromatic carboxylic acids is 1. The van der Waals surface area contributed by atoms with Gasteiger partial charge in [-0.25, -0.2) is 4.79 Å². The lowest BCUT2D eigenvalue weighted by molar-refractivity contribution is -0.323. The predicted octanol–water partition coefficient (Wildman–Crippen LogP) is 6.19. The number of nitrogens with zero attached hydrogens (tertiary/aromatic N) is 3. The van der Waals surface area contributed by atoms with Crippen molar-refractivity contribution in [3.05, 3.63) is 143 Å². The molecule has 0 radical (unpaired) electrons. The number of aryl methyl sites for hydroxylation is 1. The highest BCUT2D eigenvalue weighted by molar-refractivity contribution is 5.88. The molecule has 55 heavy (non-hydrogen) atoms. The van der Waals surface area contributed by atoms with E-state index in [0.717, 1.165) is 23.1 Å². The van der Waals surface area contributed by atoms with Crippen LogP contribution in [-0.4, -0.2) is 82.2 Å². The number of phenols is 1. The van der Waals surface area contributed by atoms with Gasteiger partial charge in [0.15, 0.2) is 6.29 Å². The first-order valence-corrected chi connectivity index (χ1v) is 18.3. The topological polar surface area (TPSA) is 153 Å². The van der Waals surface area contributed by atoms with Gasteiger partial charge in [0.05, 0.1) is 51.4 Å². The number of methoxy groups -OCH3 is 1. The fraction of sp³-hybridized carbons (Fsp3) is 0.357. The Morgan fingerprint density at radius 2 is 1.36 bits per heavy atom. The maximum atomic E-state index is 11.2. The van der Waals surface area contributed by atoms with Crippen molar-refractivity contribution < 1.29 is 48.2 Å². The number of phenolic OH excluding ortho intramolecular Hbond substituents is 1. The molecule has 13 heteroatoms. The van der Waals surface area contributed by atoms with E-state index in [1.54, 1.807) is 11.8 Å². The Hall–Kier alpha value is -5.15. The van der Waals surface area contributed by atoms with Crippen molar-refractivity contribution in [3.63, 3.8) is 0 Å². The lowest BCUT2D eigenvalue weighted by Gasteiger charge is -2.45. The van der Waals surface area contributed by atoms with Crippen molar-refractivity contribution in [1.82, 2.24) is 15.0 Å². The normalized spacial score (nSPS) is 19.6. The van der Waals surface area contributed by atoms with Gasteiger partial charge in [0.2, 0.25) is 0 Å². The monoisotopic (exact) mass is 753 g/mol. The van der Waals surface area contributed by atoms with Gasteiger partial charge in [-0.15, -0.1) is 5.10 Å². The molecule has 0 bridgehead atoms. The van der Waals surface area contributed by atoms with E-state index in [0.29, 0.717) is 50.8 Å². The van der Waals surface area contributed by atoms with E-state index in [2.05, 4.69) is 10.3 Å². The fourth-order valence-corrected chi connectivity index (χ4v) is 6.22. The SMILES string of the molecule is CO[C@H]1O[C@H](COCc2cn(CCCCOc3cc(O)cc(C(=O)O)c3)nn2)[C@@H](OCc2ccccc2)[C@H](OCc2ccccc2)[C@H]1OCc1ccccc1. The van der Waals surface area contributed by atoms with E-state index < -0.39 is 36.7 Å². The number of carbonyl (C=O) groups is 1. The van der Waals surface area contributed by atoms with Crippen molar-refractivity contribution in [3.8, 4) is 11.5 Å². The summed E-state index contributed by atoms with van der Waals surface area (Å²) in [5.41, 5.74) is 3.65. The molecule has 0 unspecified atom stereocenters. The maximum Gasteiger partial charge on any atom is 0.335 e. The Kier molecular flexibility index (Phi) is 14.7. The predicted molar refractivity (Wildman–Crippen MR) is 200 cm³/mol. The van der Waals surface area contributed by atoms with Gasteiger partial charge < -0.3 is 43.4 Å². The van der Waals surface area contributed by atoms with Crippen LogP contribution in [-0.2, 0) is 61.4 Å². The number of hydrogen-bond acceptors (Lipinski definition) is 11. The third-order valence-electron chi connectivity index (χ3n) is 8.99. The molecule has 1 aromatic heterocycles. The Bertz CT molecular complexity index is 1880. The van der Waals surface area contributed by atoms with Crippen molar-refractivity contribution in [2.45, 2.75) is 76.5 Å². The van der Waals surface area contributed by atoms with E-state index in [1.807, 2.05) is 97.2 Å². The lowest BCUT2D eigenvalue weighted by Crippen LogP contribution is -2.61. The third kappa shape index (κ3) is 11.9. The summed E-state index contributed by atoms with van der Waals surface area (Å²) in [4.78, 5) is 11.2. The minimum absolute atomic E-state index is 0.0376. The second-order valence-corrected chi connectivity index (χ2v) is 13.1. The Morgan fingerprint density at radius 1 is 0.764 bits per heavy atom. The molecule has 1 fully saturated rings. The molecule has 5 aromatic rings. The van der Waals surface area contributed by atoms with Crippen LogP contribution in [0.2, 0.25) is 0 Å². The van der Waals surface area contributed by atoms with Crippen LogP contribution in [0.5, 0.6) is 11.5 Å². The van der Waals surface area contributed by atoms with Crippen LogP contribution in [0.4, 0.5) is 0 Å². The second kappa shape index (κ2) is 20.5. The van der Waals surface area contributed by atoms with Crippen molar-refractivity contribution in [1.29, 1.82) is 0 Å². The standard InChI is InChI=1S/C42H47N3O10/c1-49-42-40(54-27-32-17-9-4-10-18-32)39(53-26-31-15-7-3-8-16-31)38(52-25-30-13-5-2-6-14-30)37(55-42)29-50-28-34-24-45(44-43-34)19-11-12-20-51-36-22-33(41(47)48)21-35(46)23-36/h2-10,13-18,21-24,37-40,42,46H,11-12,19-20,25-29H2,1H3,(H,47,48)/t37-,38-,39+,40-,42+/m1/s1. The van der Waals surface area contributed by atoms with Gasteiger partial charge in [-0.2, -0.15) is 0 Å². The number of aromatic hydroxyl groups is 1. The average molecular weight is 754 g/mol. The highest BCUT2D eigenvalue weighted by Crippen LogP contribution is 2.31. The van der Waals surface area contributed by atoms with E-state index in [-0.39, 0.29) is 24.5 Å². The maximum absolute atomic E-state index is 11.2. The summed E-state index contributed by atoms with van der Waals surface area (Å²) >= 11 is 0. The molecule has 0 saturated carbocycles. The van der Waals surface area contributed by atoms with Crippen LogP contribution in [0.15, 0.2) is 115 Å². The number of benzene rings is 4. The summed E-state index contributed by atoms with van der Waals surface area (Å²) < 4.78 is 45.8. The van der Waals surface area contributed by atoms with Crippen LogP contribution in [0.25, 0.3) is 0 Å². The first kappa shape index (κ1) is 39.5. The zero-order valence-corrected chi connectivity index (χ0v) is 30.7.